The van der Waals surface area contributed by atoms with Crippen molar-refractivity contribution in [1.82, 2.24) is 9.78 Å². The van der Waals surface area contributed by atoms with Gasteiger partial charge in [-0.15, -0.1) is 11.3 Å². The summed E-state index contributed by atoms with van der Waals surface area (Å²) in [6.45, 7) is 5.89. The molecule has 0 amide bonds. The van der Waals surface area contributed by atoms with E-state index in [1.54, 1.807) is 11.3 Å². The minimum Gasteiger partial charge on any atom is -0.394 e. The van der Waals surface area contributed by atoms with Crippen LogP contribution in [-0.2, 0) is 13.1 Å². The Bertz CT molecular complexity index is 501. The van der Waals surface area contributed by atoms with Crippen molar-refractivity contribution in [2.45, 2.75) is 33.4 Å². The lowest BCUT2D eigenvalue weighted by Gasteiger charge is -2.20. The first-order valence-corrected chi connectivity index (χ1v) is 7.07. The normalized spacial score (nSPS) is 10.8. The van der Waals surface area contributed by atoms with Gasteiger partial charge in [0.25, 0.3) is 0 Å². The topological polar surface area (TPSA) is 47.1 Å². The summed E-state index contributed by atoms with van der Waals surface area (Å²) in [5, 5.41) is 6.60. The van der Waals surface area contributed by atoms with E-state index < -0.39 is 0 Å². The van der Waals surface area contributed by atoms with Crippen molar-refractivity contribution in [1.29, 1.82) is 0 Å². The second kappa shape index (κ2) is 5.44. The molecule has 5 heteroatoms. The molecule has 0 spiro atoms. The molecule has 0 aliphatic heterocycles. The monoisotopic (exact) mass is 264 g/mol. The number of nitrogens with zero attached hydrogens (tertiary/aromatic N) is 3. The van der Waals surface area contributed by atoms with Crippen molar-refractivity contribution >= 4 is 22.8 Å². The van der Waals surface area contributed by atoms with Crippen LogP contribution in [0.1, 0.15) is 23.9 Å². The lowest BCUT2D eigenvalue weighted by atomic mass is 10.3. The summed E-state index contributed by atoms with van der Waals surface area (Å²) in [4.78, 5) is 3.51. The zero-order valence-corrected chi connectivity index (χ0v) is 12.0. The van der Waals surface area contributed by atoms with Crippen LogP contribution in [0.15, 0.2) is 17.5 Å². The standard InChI is InChI=1S/C13H20N4S/c1-4-7-17-13(12(14)10(2)15-17)16(3)9-11-6-5-8-18-11/h5-6,8H,4,7,9,14H2,1-3H3. The van der Waals surface area contributed by atoms with Crippen molar-refractivity contribution in [3.05, 3.63) is 28.1 Å². The van der Waals surface area contributed by atoms with Gasteiger partial charge in [0, 0.05) is 18.5 Å². The molecule has 0 aliphatic rings. The van der Waals surface area contributed by atoms with E-state index in [1.807, 2.05) is 11.6 Å². The first kappa shape index (κ1) is 13.0. The number of rotatable bonds is 5. The predicted molar refractivity (Wildman–Crippen MR) is 78.1 cm³/mol. The molecule has 0 radical (unpaired) electrons. The van der Waals surface area contributed by atoms with E-state index in [4.69, 9.17) is 5.73 Å². The Hall–Kier alpha value is -1.49. The van der Waals surface area contributed by atoms with E-state index in [0.29, 0.717) is 0 Å². The van der Waals surface area contributed by atoms with Gasteiger partial charge in [-0.05, 0) is 24.8 Å². The van der Waals surface area contributed by atoms with Crippen LogP contribution in [0.5, 0.6) is 0 Å². The number of aryl methyl sites for hydroxylation is 2. The molecule has 0 aromatic carbocycles. The first-order chi connectivity index (χ1) is 8.63. The third-order valence-electron chi connectivity index (χ3n) is 2.92. The molecule has 0 saturated heterocycles. The Morgan fingerprint density at radius 3 is 2.89 bits per heavy atom. The second-order valence-electron chi connectivity index (χ2n) is 4.48. The number of thiophene rings is 1. The largest absolute Gasteiger partial charge is 0.394 e. The fourth-order valence-corrected chi connectivity index (χ4v) is 2.82. The summed E-state index contributed by atoms with van der Waals surface area (Å²) in [6, 6.07) is 4.22. The molecule has 98 valence electrons. The molecule has 0 bridgehead atoms. The van der Waals surface area contributed by atoms with Gasteiger partial charge in [-0.3, -0.25) is 0 Å². The lowest BCUT2D eigenvalue weighted by molar-refractivity contribution is 0.591. The summed E-state index contributed by atoms with van der Waals surface area (Å²) in [5.74, 6) is 1.03. The Morgan fingerprint density at radius 2 is 2.28 bits per heavy atom. The molecule has 18 heavy (non-hydrogen) atoms. The predicted octanol–water partition coefficient (Wildman–Crippen LogP) is 2.88. The zero-order valence-electron chi connectivity index (χ0n) is 11.2. The van der Waals surface area contributed by atoms with Crippen molar-refractivity contribution in [3.63, 3.8) is 0 Å². The van der Waals surface area contributed by atoms with Crippen LogP contribution in [0.2, 0.25) is 0 Å². The van der Waals surface area contributed by atoms with Gasteiger partial charge >= 0.3 is 0 Å². The summed E-state index contributed by atoms with van der Waals surface area (Å²) in [6.07, 6.45) is 1.06. The van der Waals surface area contributed by atoms with Crippen LogP contribution < -0.4 is 10.6 Å². The number of aromatic nitrogens is 2. The molecule has 2 N–H and O–H groups in total. The smallest absolute Gasteiger partial charge is 0.150 e. The van der Waals surface area contributed by atoms with Gasteiger partial charge in [0.2, 0.25) is 0 Å². The Kier molecular flexibility index (Phi) is 3.91. The van der Waals surface area contributed by atoms with Gasteiger partial charge in [0.1, 0.15) is 0 Å². The molecule has 2 aromatic rings. The number of hydrogen-bond acceptors (Lipinski definition) is 4. The second-order valence-corrected chi connectivity index (χ2v) is 5.51. The van der Waals surface area contributed by atoms with Gasteiger partial charge in [0.05, 0.1) is 17.9 Å². The molecule has 4 nitrogen and oxygen atoms in total. The third-order valence-corrected chi connectivity index (χ3v) is 3.78. The van der Waals surface area contributed by atoms with E-state index in [-0.39, 0.29) is 0 Å². The van der Waals surface area contributed by atoms with Gasteiger partial charge in [-0.25, -0.2) is 4.68 Å². The quantitative estimate of drug-likeness (QED) is 0.903. The highest BCUT2D eigenvalue weighted by Crippen LogP contribution is 2.27. The maximum absolute atomic E-state index is 6.14. The summed E-state index contributed by atoms with van der Waals surface area (Å²) >= 11 is 1.77. The average Bonchev–Trinajstić information content (AvgIpc) is 2.90. The SMILES string of the molecule is CCCn1nc(C)c(N)c1N(C)Cc1cccs1. The molecule has 0 unspecified atom stereocenters. The van der Waals surface area contributed by atoms with Crippen LogP contribution in [0, 0.1) is 6.92 Å². The fraction of sp³-hybridized carbons (Fsp3) is 0.462. The number of hydrogen-bond donors (Lipinski definition) is 1. The van der Waals surface area contributed by atoms with Crippen LogP contribution in [-0.4, -0.2) is 16.8 Å². The van der Waals surface area contributed by atoms with Gasteiger partial charge < -0.3 is 10.6 Å². The molecule has 2 heterocycles. The van der Waals surface area contributed by atoms with Crippen LogP contribution in [0.25, 0.3) is 0 Å². The average molecular weight is 264 g/mol. The molecule has 0 atom stereocenters. The first-order valence-electron chi connectivity index (χ1n) is 6.19. The fourth-order valence-electron chi connectivity index (χ4n) is 2.06. The molecule has 2 rings (SSSR count). The minimum atomic E-state index is 0.794. The van der Waals surface area contributed by atoms with Gasteiger partial charge in [0.15, 0.2) is 5.82 Å². The maximum atomic E-state index is 6.14. The lowest BCUT2D eigenvalue weighted by Crippen LogP contribution is -2.21. The van der Waals surface area contributed by atoms with Crippen molar-refractivity contribution in [2.75, 3.05) is 17.7 Å². The molecule has 2 aromatic heterocycles. The van der Waals surface area contributed by atoms with Crippen molar-refractivity contribution in [2.24, 2.45) is 0 Å². The summed E-state index contributed by atoms with van der Waals surface area (Å²) in [5.41, 5.74) is 7.85. The number of nitrogen functional groups attached to an aromatic ring is 1. The maximum Gasteiger partial charge on any atom is 0.150 e. The van der Waals surface area contributed by atoms with E-state index in [9.17, 15) is 0 Å². The van der Waals surface area contributed by atoms with Gasteiger partial charge in [-0.2, -0.15) is 5.10 Å². The Balaban J connectivity index is 2.25. The molecule has 0 fully saturated rings. The Morgan fingerprint density at radius 1 is 1.50 bits per heavy atom. The van der Waals surface area contributed by atoms with E-state index in [1.165, 1.54) is 4.88 Å². The van der Waals surface area contributed by atoms with Crippen molar-refractivity contribution < 1.29 is 0 Å². The van der Waals surface area contributed by atoms with Gasteiger partial charge in [-0.1, -0.05) is 13.0 Å². The third kappa shape index (κ3) is 2.51. The highest BCUT2D eigenvalue weighted by atomic mass is 32.1. The van der Waals surface area contributed by atoms with Crippen LogP contribution >= 0.6 is 11.3 Å². The number of nitrogens with two attached hydrogens (primary N) is 1. The molecular formula is C13H20N4S. The zero-order chi connectivity index (χ0) is 13.1. The highest BCUT2D eigenvalue weighted by molar-refractivity contribution is 7.09. The summed E-state index contributed by atoms with van der Waals surface area (Å²) < 4.78 is 2.01. The molecule has 0 saturated carbocycles. The summed E-state index contributed by atoms with van der Waals surface area (Å²) in [7, 11) is 2.07. The van der Waals surface area contributed by atoms with Crippen LogP contribution in [0.3, 0.4) is 0 Å². The minimum absolute atomic E-state index is 0.794. The van der Waals surface area contributed by atoms with E-state index >= 15 is 0 Å². The number of anilines is 2. The van der Waals surface area contributed by atoms with E-state index in [2.05, 4.69) is 41.5 Å². The molecular weight excluding hydrogens is 244 g/mol. The molecule has 0 aliphatic carbocycles. The van der Waals surface area contributed by atoms with E-state index in [0.717, 1.165) is 36.7 Å². The Labute approximate surface area is 112 Å². The van der Waals surface area contributed by atoms with Crippen molar-refractivity contribution in [3.8, 4) is 0 Å². The van der Waals surface area contributed by atoms with Crippen LogP contribution in [0.4, 0.5) is 11.5 Å². The highest BCUT2D eigenvalue weighted by Gasteiger charge is 2.16.